The number of rotatable bonds is 5. The molecule has 86 valence electrons. The van der Waals surface area contributed by atoms with Crippen LogP contribution in [0.3, 0.4) is 0 Å². The second-order valence-electron chi connectivity index (χ2n) is 3.42. The number of hydrogen-bond acceptors (Lipinski definition) is 4. The van der Waals surface area contributed by atoms with Gasteiger partial charge in [-0.15, -0.1) is 0 Å². The molecule has 0 saturated carbocycles. The second kappa shape index (κ2) is 5.67. The lowest BCUT2D eigenvalue weighted by molar-refractivity contribution is -0.144. The minimum atomic E-state index is -0.963. The first kappa shape index (κ1) is 11.9. The number of aliphatic carboxylic acids is 1. The summed E-state index contributed by atoms with van der Waals surface area (Å²) >= 11 is 0. The average Bonchev–Trinajstić information content (AvgIpc) is 2.19. The molecule has 0 aliphatic carbocycles. The molecule has 6 heteroatoms. The van der Waals surface area contributed by atoms with Gasteiger partial charge in [0.15, 0.2) is 0 Å². The van der Waals surface area contributed by atoms with Crippen LogP contribution < -0.4 is 5.32 Å². The summed E-state index contributed by atoms with van der Waals surface area (Å²) in [7, 11) is 1.57. The first-order chi connectivity index (χ1) is 7.15. The molecule has 1 amide bonds. The maximum atomic E-state index is 11.7. The van der Waals surface area contributed by atoms with Crippen LogP contribution in [0.15, 0.2) is 0 Å². The van der Waals surface area contributed by atoms with E-state index in [1.807, 2.05) is 0 Å². The molecule has 0 aromatic rings. The van der Waals surface area contributed by atoms with Crippen molar-refractivity contribution in [1.82, 2.24) is 10.2 Å². The molecule has 2 N–H and O–H groups in total. The Hall–Kier alpha value is -1.14. The highest BCUT2D eigenvalue weighted by Gasteiger charge is 2.29. The minimum absolute atomic E-state index is 0.152. The standard InChI is InChI=1S/C9H16N2O4/c1-15-5-4-11-3-2-10-7(9(11)14)6-8(12)13/h7,10H,2-6H2,1H3,(H,12,13). The number of amides is 1. The Labute approximate surface area is 88.2 Å². The Morgan fingerprint density at radius 2 is 2.47 bits per heavy atom. The molecule has 0 radical (unpaired) electrons. The summed E-state index contributed by atoms with van der Waals surface area (Å²) in [4.78, 5) is 23.8. The largest absolute Gasteiger partial charge is 0.481 e. The summed E-state index contributed by atoms with van der Waals surface area (Å²) in [6, 6.07) is -0.590. The van der Waals surface area contributed by atoms with E-state index in [0.717, 1.165) is 0 Å². The number of methoxy groups -OCH3 is 1. The van der Waals surface area contributed by atoms with Crippen molar-refractivity contribution >= 4 is 11.9 Å². The van der Waals surface area contributed by atoms with Crippen LogP contribution in [0, 0.1) is 0 Å². The van der Waals surface area contributed by atoms with Gasteiger partial charge in [-0.05, 0) is 0 Å². The van der Waals surface area contributed by atoms with Gasteiger partial charge in [-0.3, -0.25) is 9.59 Å². The predicted octanol–water partition coefficient (Wildman–Crippen LogP) is -1.09. The number of piperazine rings is 1. The molecule has 0 spiro atoms. The number of hydrogen-bond donors (Lipinski definition) is 2. The quantitative estimate of drug-likeness (QED) is 0.610. The second-order valence-corrected chi connectivity index (χ2v) is 3.42. The van der Waals surface area contributed by atoms with Crippen molar-refractivity contribution in [3.8, 4) is 0 Å². The van der Waals surface area contributed by atoms with E-state index in [9.17, 15) is 9.59 Å². The molecule has 1 fully saturated rings. The highest BCUT2D eigenvalue weighted by Crippen LogP contribution is 2.04. The highest BCUT2D eigenvalue weighted by molar-refractivity contribution is 5.86. The van der Waals surface area contributed by atoms with E-state index < -0.39 is 12.0 Å². The molecular weight excluding hydrogens is 200 g/mol. The van der Waals surface area contributed by atoms with Gasteiger partial charge in [0.05, 0.1) is 19.1 Å². The SMILES string of the molecule is COCCN1CCNC(CC(=O)O)C1=O. The Morgan fingerprint density at radius 1 is 1.73 bits per heavy atom. The molecule has 1 atom stereocenters. The van der Waals surface area contributed by atoms with Gasteiger partial charge in [0, 0.05) is 26.7 Å². The third-order valence-electron chi connectivity index (χ3n) is 2.33. The molecule has 1 aliphatic heterocycles. The lowest BCUT2D eigenvalue weighted by Crippen LogP contribution is -2.56. The number of nitrogens with zero attached hydrogens (tertiary/aromatic N) is 1. The fourth-order valence-corrected chi connectivity index (χ4v) is 1.55. The third kappa shape index (κ3) is 3.49. The summed E-state index contributed by atoms with van der Waals surface area (Å²) < 4.78 is 4.88. The van der Waals surface area contributed by atoms with Crippen LogP contribution in [0.2, 0.25) is 0 Å². The Bertz CT molecular complexity index is 244. The topological polar surface area (TPSA) is 78.9 Å². The van der Waals surface area contributed by atoms with Crippen LogP contribution in [0.1, 0.15) is 6.42 Å². The van der Waals surface area contributed by atoms with Crippen molar-refractivity contribution in [3.05, 3.63) is 0 Å². The Balaban J connectivity index is 2.47. The molecule has 0 aromatic heterocycles. The minimum Gasteiger partial charge on any atom is -0.481 e. The summed E-state index contributed by atoms with van der Waals surface area (Å²) in [6.45, 7) is 2.24. The zero-order chi connectivity index (χ0) is 11.3. The molecule has 1 aliphatic rings. The van der Waals surface area contributed by atoms with Gasteiger partial charge in [0.2, 0.25) is 5.91 Å². The number of ether oxygens (including phenoxy) is 1. The fourth-order valence-electron chi connectivity index (χ4n) is 1.55. The zero-order valence-corrected chi connectivity index (χ0v) is 8.73. The molecule has 0 aromatic carbocycles. The monoisotopic (exact) mass is 216 g/mol. The van der Waals surface area contributed by atoms with E-state index >= 15 is 0 Å². The van der Waals surface area contributed by atoms with Gasteiger partial charge in [-0.25, -0.2) is 0 Å². The van der Waals surface area contributed by atoms with Crippen LogP contribution in [0.4, 0.5) is 0 Å². The van der Waals surface area contributed by atoms with Crippen molar-refractivity contribution in [1.29, 1.82) is 0 Å². The summed E-state index contributed by atoms with van der Waals surface area (Å²) in [5, 5.41) is 11.5. The van der Waals surface area contributed by atoms with Gasteiger partial charge in [0.25, 0.3) is 0 Å². The maximum absolute atomic E-state index is 11.7. The molecule has 1 heterocycles. The van der Waals surface area contributed by atoms with E-state index in [4.69, 9.17) is 9.84 Å². The lowest BCUT2D eigenvalue weighted by Gasteiger charge is -2.32. The van der Waals surface area contributed by atoms with Crippen LogP contribution in [0.25, 0.3) is 0 Å². The lowest BCUT2D eigenvalue weighted by atomic mass is 10.1. The van der Waals surface area contributed by atoms with Crippen molar-refractivity contribution in [2.75, 3.05) is 33.4 Å². The van der Waals surface area contributed by atoms with Crippen LogP contribution in [-0.2, 0) is 14.3 Å². The van der Waals surface area contributed by atoms with Crippen molar-refractivity contribution in [2.24, 2.45) is 0 Å². The smallest absolute Gasteiger partial charge is 0.305 e. The van der Waals surface area contributed by atoms with Crippen LogP contribution in [-0.4, -0.2) is 61.3 Å². The summed E-state index contributed by atoms with van der Waals surface area (Å²) in [5.74, 6) is -1.12. The first-order valence-electron chi connectivity index (χ1n) is 4.88. The van der Waals surface area contributed by atoms with E-state index in [1.165, 1.54) is 0 Å². The highest BCUT2D eigenvalue weighted by atomic mass is 16.5. The van der Waals surface area contributed by atoms with Gasteiger partial charge in [-0.1, -0.05) is 0 Å². The summed E-state index contributed by atoms with van der Waals surface area (Å²) in [6.07, 6.45) is -0.164. The van der Waals surface area contributed by atoms with Crippen LogP contribution >= 0.6 is 0 Å². The molecule has 6 nitrogen and oxygen atoms in total. The number of carbonyl (C=O) groups excluding carboxylic acids is 1. The Kier molecular flexibility index (Phi) is 4.51. The molecule has 0 bridgehead atoms. The van der Waals surface area contributed by atoms with Crippen LogP contribution in [0.5, 0.6) is 0 Å². The van der Waals surface area contributed by atoms with Crippen molar-refractivity contribution < 1.29 is 19.4 Å². The van der Waals surface area contributed by atoms with E-state index in [1.54, 1.807) is 12.0 Å². The maximum Gasteiger partial charge on any atom is 0.305 e. The van der Waals surface area contributed by atoms with Gasteiger partial charge < -0.3 is 20.1 Å². The van der Waals surface area contributed by atoms with E-state index in [2.05, 4.69) is 5.32 Å². The molecule has 1 unspecified atom stereocenters. The third-order valence-corrected chi connectivity index (χ3v) is 2.33. The van der Waals surface area contributed by atoms with Gasteiger partial charge in [0.1, 0.15) is 0 Å². The molecular formula is C9H16N2O4. The average molecular weight is 216 g/mol. The number of carbonyl (C=O) groups is 2. The number of carboxylic acids is 1. The van der Waals surface area contributed by atoms with Crippen molar-refractivity contribution in [3.63, 3.8) is 0 Å². The van der Waals surface area contributed by atoms with Crippen molar-refractivity contribution in [2.45, 2.75) is 12.5 Å². The van der Waals surface area contributed by atoms with Gasteiger partial charge >= 0.3 is 5.97 Å². The molecule has 1 rings (SSSR count). The van der Waals surface area contributed by atoms with E-state index in [-0.39, 0.29) is 12.3 Å². The predicted molar refractivity (Wildman–Crippen MR) is 52.5 cm³/mol. The first-order valence-corrected chi connectivity index (χ1v) is 4.88. The van der Waals surface area contributed by atoms with Gasteiger partial charge in [-0.2, -0.15) is 0 Å². The zero-order valence-electron chi connectivity index (χ0n) is 8.73. The number of nitrogens with one attached hydrogen (secondary N) is 1. The normalized spacial score (nSPS) is 21.8. The van der Waals surface area contributed by atoms with E-state index in [0.29, 0.717) is 26.2 Å². The number of carboxylic acid groups (broad SMARTS) is 1. The molecule has 1 saturated heterocycles. The molecule has 15 heavy (non-hydrogen) atoms. The summed E-state index contributed by atoms with van der Waals surface area (Å²) in [5.41, 5.74) is 0. The fraction of sp³-hybridized carbons (Fsp3) is 0.778. The Morgan fingerprint density at radius 3 is 3.07 bits per heavy atom.